The van der Waals surface area contributed by atoms with E-state index >= 15 is 0 Å². The second-order valence-corrected chi connectivity index (χ2v) is 6.85. The zero-order chi connectivity index (χ0) is 15.4. The number of likely N-dealkylation sites (tertiary alicyclic amines) is 1. The number of nitrogens with one attached hydrogen (secondary N) is 3. The molecule has 0 aliphatic carbocycles. The van der Waals surface area contributed by atoms with Crippen LogP contribution < -0.4 is 16.0 Å². The van der Waals surface area contributed by atoms with Crippen molar-refractivity contribution in [3.63, 3.8) is 0 Å². The van der Waals surface area contributed by atoms with Gasteiger partial charge >= 0.3 is 6.03 Å². The van der Waals surface area contributed by atoms with Crippen molar-refractivity contribution in [1.29, 1.82) is 0 Å². The molecule has 22 heavy (non-hydrogen) atoms. The summed E-state index contributed by atoms with van der Waals surface area (Å²) in [6, 6.07) is 7.96. The van der Waals surface area contributed by atoms with Crippen molar-refractivity contribution >= 4 is 23.5 Å². The Balaban J connectivity index is 1.58. The van der Waals surface area contributed by atoms with Crippen LogP contribution in [0.3, 0.4) is 0 Å². The van der Waals surface area contributed by atoms with Gasteiger partial charge in [0.25, 0.3) is 0 Å². The Morgan fingerprint density at radius 3 is 2.73 bits per heavy atom. The van der Waals surface area contributed by atoms with Crippen molar-refractivity contribution in [1.82, 2.24) is 15.5 Å². The van der Waals surface area contributed by atoms with Crippen molar-refractivity contribution in [2.75, 3.05) is 44.3 Å². The Labute approximate surface area is 136 Å². The first kappa shape index (κ1) is 15.6. The normalized spacial score (nSPS) is 20.9. The molecule has 2 fully saturated rings. The van der Waals surface area contributed by atoms with Gasteiger partial charge in [-0.05, 0) is 31.2 Å². The van der Waals surface area contributed by atoms with Gasteiger partial charge in [0.05, 0.1) is 5.69 Å². The van der Waals surface area contributed by atoms with Crippen LogP contribution in [0.25, 0.3) is 0 Å². The molecule has 2 saturated heterocycles. The second kappa shape index (κ2) is 6.89. The van der Waals surface area contributed by atoms with Crippen molar-refractivity contribution in [2.24, 2.45) is 0 Å². The third kappa shape index (κ3) is 3.39. The number of piperazine rings is 1. The van der Waals surface area contributed by atoms with Gasteiger partial charge in [-0.2, -0.15) is 0 Å². The number of hydrogen-bond acceptors (Lipinski definition) is 4. The molecule has 2 aliphatic rings. The van der Waals surface area contributed by atoms with Crippen molar-refractivity contribution in [3.8, 4) is 0 Å². The van der Waals surface area contributed by atoms with Crippen LogP contribution in [0.1, 0.15) is 12.8 Å². The number of benzene rings is 1. The highest BCUT2D eigenvalue weighted by Gasteiger charge is 2.36. The fourth-order valence-corrected chi connectivity index (χ4v) is 3.79. The minimum absolute atomic E-state index is 0.0140. The summed E-state index contributed by atoms with van der Waals surface area (Å²) in [5, 5.41) is 10.2. The zero-order valence-corrected chi connectivity index (χ0v) is 13.8. The van der Waals surface area contributed by atoms with Crippen LogP contribution in [0.15, 0.2) is 29.2 Å². The van der Waals surface area contributed by atoms with Crippen LogP contribution >= 0.6 is 11.8 Å². The van der Waals surface area contributed by atoms with Crippen LogP contribution in [0.4, 0.5) is 10.5 Å². The van der Waals surface area contributed by atoms with Gasteiger partial charge in [-0.1, -0.05) is 12.1 Å². The van der Waals surface area contributed by atoms with Gasteiger partial charge in [0, 0.05) is 43.2 Å². The minimum atomic E-state index is 0.0140. The molecule has 3 N–H and O–H groups in total. The van der Waals surface area contributed by atoms with Crippen LogP contribution in [0, 0.1) is 0 Å². The first-order chi connectivity index (χ1) is 10.7. The molecule has 0 aromatic heterocycles. The van der Waals surface area contributed by atoms with Crippen LogP contribution in [-0.4, -0.2) is 55.4 Å². The van der Waals surface area contributed by atoms with E-state index in [9.17, 15) is 4.79 Å². The molecule has 3 rings (SSSR count). The molecule has 6 heteroatoms. The minimum Gasteiger partial charge on any atom is -0.324 e. The number of carbonyl (C=O) groups is 1. The van der Waals surface area contributed by atoms with E-state index in [4.69, 9.17) is 0 Å². The van der Waals surface area contributed by atoms with E-state index in [1.807, 2.05) is 35.4 Å². The highest BCUT2D eigenvalue weighted by molar-refractivity contribution is 7.98. The lowest BCUT2D eigenvalue weighted by molar-refractivity contribution is 0.137. The van der Waals surface area contributed by atoms with Crippen LogP contribution in [0.5, 0.6) is 0 Å². The van der Waals surface area contributed by atoms with E-state index in [0.717, 1.165) is 56.1 Å². The molecule has 120 valence electrons. The highest BCUT2D eigenvalue weighted by Crippen LogP contribution is 2.26. The Kier molecular flexibility index (Phi) is 4.90. The molecular weight excluding hydrogens is 296 g/mol. The molecule has 1 spiro atoms. The van der Waals surface area contributed by atoms with E-state index in [1.165, 1.54) is 0 Å². The summed E-state index contributed by atoms with van der Waals surface area (Å²) in [5.41, 5.74) is 1.09. The number of piperidine rings is 1. The van der Waals surface area contributed by atoms with E-state index in [2.05, 4.69) is 16.0 Å². The third-order valence-corrected chi connectivity index (χ3v) is 5.42. The van der Waals surface area contributed by atoms with Crippen LogP contribution in [0.2, 0.25) is 0 Å². The molecule has 0 bridgehead atoms. The molecule has 0 unspecified atom stereocenters. The van der Waals surface area contributed by atoms with Gasteiger partial charge in [-0.3, -0.25) is 0 Å². The Bertz CT molecular complexity index is 521. The molecule has 0 saturated carbocycles. The summed E-state index contributed by atoms with van der Waals surface area (Å²) in [5.74, 6) is 0. The summed E-state index contributed by atoms with van der Waals surface area (Å²) in [4.78, 5) is 15.5. The lowest BCUT2D eigenvalue weighted by Gasteiger charge is -2.45. The first-order valence-corrected chi connectivity index (χ1v) is 9.10. The SMILES string of the molecule is CSc1ccccc1NC(=O)N1CCC2(CC1)CNCCN2. The number of thioether (sulfide) groups is 1. The monoisotopic (exact) mass is 320 g/mol. The number of amides is 2. The standard InChI is InChI=1S/C16H24N4OS/c1-22-14-5-3-2-4-13(14)19-15(21)20-10-6-16(7-11-20)12-17-8-9-18-16/h2-5,17-18H,6-12H2,1H3,(H,19,21). The average molecular weight is 320 g/mol. The topological polar surface area (TPSA) is 56.4 Å². The predicted molar refractivity (Wildman–Crippen MR) is 91.7 cm³/mol. The molecule has 1 aromatic carbocycles. The summed E-state index contributed by atoms with van der Waals surface area (Å²) in [6.07, 6.45) is 4.05. The summed E-state index contributed by atoms with van der Waals surface area (Å²) < 4.78 is 0. The number of rotatable bonds is 2. The summed E-state index contributed by atoms with van der Waals surface area (Å²) in [6.45, 7) is 4.69. The molecule has 0 atom stereocenters. The lowest BCUT2D eigenvalue weighted by Crippen LogP contribution is -2.63. The Hall–Kier alpha value is -1.24. The number of carbonyl (C=O) groups excluding carboxylic acids is 1. The summed E-state index contributed by atoms with van der Waals surface area (Å²) in [7, 11) is 0. The first-order valence-electron chi connectivity index (χ1n) is 7.87. The van der Waals surface area contributed by atoms with E-state index in [-0.39, 0.29) is 11.6 Å². The molecular formula is C16H24N4OS. The maximum absolute atomic E-state index is 12.5. The van der Waals surface area contributed by atoms with E-state index < -0.39 is 0 Å². The molecule has 5 nitrogen and oxygen atoms in total. The average Bonchev–Trinajstić information content (AvgIpc) is 2.57. The molecule has 1 aromatic rings. The molecule has 0 radical (unpaired) electrons. The van der Waals surface area contributed by atoms with Gasteiger partial charge in [-0.15, -0.1) is 11.8 Å². The number of para-hydroxylation sites is 1. The summed E-state index contributed by atoms with van der Waals surface area (Å²) >= 11 is 1.65. The van der Waals surface area contributed by atoms with E-state index in [0.29, 0.717) is 0 Å². The fourth-order valence-electron chi connectivity index (χ4n) is 3.24. The number of hydrogen-bond donors (Lipinski definition) is 3. The molecule has 2 aliphatic heterocycles. The fraction of sp³-hybridized carbons (Fsp3) is 0.562. The predicted octanol–water partition coefficient (Wildman–Crippen LogP) is 1.97. The van der Waals surface area contributed by atoms with Crippen molar-refractivity contribution < 1.29 is 4.79 Å². The van der Waals surface area contributed by atoms with Gasteiger partial charge < -0.3 is 20.9 Å². The number of nitrogens with zero attached hydrogens (tertiary/aromatic N) is 1. The lowest BCUT2D eigenvalue weighted by atomic mass is 9.86. The quantitative estimate of drug-likeness (QED) is 0.729. The maximum Gasteiger partial charge on any atom is 0.321 e. The third-order valence-electron chi connectivity index (χ3n) is 4.62. The molecule has 2 amide bonds. The number of anilines is 1. The Morgan fingerprint density at radius 1 is 1.27 bits per heavy atom. The zero-order valence-electron chi connectivity index (χ0n) is 13.0. The van der Waals surface area contributed by atoms with Gasteiger partial charge in [-0.25, -0.2) is 4.79 Å². The van der Waals surface area contributed by atoms with E-state index in [1.54, 1.807) is 11.8 Å². The molecule has 2 heterocycles. The van der Waals surface area contributed by atoms with Gasteiger partial charge in [0.1, 0.15) is 0 Å². The maximum atomic E-state index is 12.5. The number of urea groups is 1. The highest BCUT2D eigenvalue weighted by atomic mass is 32.2. The Morgan fingerprint density at radius 2 is 2.05 bits per heavy atom. The van der Waals surface area contributed by atoms with Crippen LogP contribution in [-0.2, 0) is 0 Å². The largest absolute Gasteiger partial charge is 0.324 e. The smallest absolute Gasteiger partial charge is 0.321 e. The van der Waals surface area contributed by atoms with Crippen molar-refractivity contribution in [2.45, 2.75) is 23.3 Å². The van der Waals surface area contributed by atoms with Crippen molar-refractivity contribution in [3.05, 3.63) is 24.3 Å². The van der Waals surface area contributed by atoms with Gasteiger partial charge in [0.15, 0.2) is 0 Å². The van der Waals surface area contributed by atoms with Gasteiger partial charge in [0.2, 0.25) is 0 Å². The second-order valence-electron chi connectivity index (χ2n) is 6.00.